The predicted molar refractivity (Wildman–Crippen MR) is 114 cm³/mol. The quantitative estimate of drug-likeness (QED) is 0.349. The van der Waals surface area contributed by atoms with E-state index in [-0.39, 0.29) is 41.8 Å². The number of ether oxygens (including phenoxy) is 2. The molecule has 0 aliphatic rings. The first-order chi connectivity index (χ1) is 15.0. The Bertz CT molecular complexity index is 1040. The standard InChI is InChI=1S/C20H20FN3O5S2/c1-3-14-9-15(19(26)27-4-2)18(31-14)22-16(25)11-30-20-24-23-17(29-20)10-28-13-7-5-12(21)6-8-13/h5-9H,3-4,10-11H2,1-2H3,(H,22,25). The Labute approximate surface area is 186 Å². The van der Waals surface area contributed by atoms with E-state index in [0.717, 1.165) is 23.1 Å². The highest BCUT2D eigenvalue weighted by Gasteiger charge is 2.19. The van der Waals surface area contributed by atoms with Crippen LogP contribution in [0, 0.1) is 5.82 Å². The Morgan fingerprint density at radius 3 is 2.71 bits per heavy atom. The van der Waals surface area contributed by atoms with E-state index in [4.69, 9.17) is 13.9 Å². The molecule has 0 spiro atoms. The molecule has 8 nitrogen and oxygen atoms in total. The van der Waals surface area contributed by atoms with Gasteiger partial charge in [0.2, 0.25) is 5.91 Å². The number of aryl methyl sites for hydroxylation is 1. The van der Waals surface area contributed by atoms with Crippen LogP contribution in [-0.4, -0.2) is 34.4 Å². The molecule has 3 rings (SSSR count). The van der Waals surface area contributed by atoms with Gasteiger partial charge in [-0.1, -0.05) is 18.7 Å². The lowest BCUT2D eigenvalue weighted by atomic mass is 10.2. The Balaban J connectivity index is 1.51. The molecule has 1 aromatic carbocycles. The number of nitrogens with zero attached hydrogens (tertiary/aromatic N) is 2. The van der Waals surface area contributed by atoms with Crippen molar-refractivity contribution < 1.29 is 27.9 Å². The van der Waals surface area contributed by atoms with Crippen LogP contribution >= 0.6 is 23.1 Å². The topological polar surface area (TPSA) is 104 Å². The number of rotatable bonds is 10. The Morgan fingerprint density at radius 2 is 2.00 bits per heavy atom. The summed E-state index contributed by atoms with van der Waals surface area (Å²) in [6.07, 6.45) is 0.743. The molecule has 0 saturated carbocycles. The fraction of sp³-hybridized carbons (Fsp3) is 0.300. The van der Waals surface area contributed by atoms with Crippen molar-refractivity contribution in [3.05, 3.63) is 52.5 Å². The molecule has 0 saturated heterocycles. The molecule has 1 amide bonds. The van der Waals surface area contributed by atoms with Crippen molar-refractivity contribution in [3.8, 4) is 5.75 Å². The maximum absolute atomic E-state index is 12.9. The zero-order valence-electron chi connectivity index (χ0n) is 16.8. The van der Waals surface area contributed by atoms with Gasteiger partial charge >= 0.3 is 5.97 Å². The van der Waals surface area contributed by atoms with Crippen LogP contribution in [0.25, 0.3) is 0 Å². The minimum Gasteiger partial charge on any atom is -0.484 e. The number of anilines is 1. The minimum atomic E-state index is -0.468. The van der Waals surface area contributed by atoms with E-state index >= 15 is 0 Å². The van der Waals surface area contributed by atoms with Crippen LogP contribution in [0.5, 0.6) is 5.75 Å². The second-order valence-corrected chi connectivity index (χ2v) is 8.13. The Kier molecular flexibility index (Phi) is 8.01. The van der Waals surface area contributed by atoms with Crippen LogP contribution in [0.15, 0.2) is 40.0 Å². The van der Waals surface area contributed by atoms with Gasteiger partial charge in [-0.3, -0.25) is 4.79 Å². The predicted octanol–water partition coefficient (Wildman–Crippen LogP) is 4.32. The molecule has 0 unspecified atom stereocenters. The highest BCUT2D eigenvalue weighted by Crippen LogP contribution is 2.30. The normalized spacial score (nSPS) is 10.7. The van der Waals surface area contributed by atoms with Crippen LogP contribution < -0.4 is 10.1 Å². The third-order valence-corrected chi connectivity index (χ3v) is 5.84. The summed E-state index contributed by atoms with van der Waals surface area (Å²) in [4.78, 5) is 25.4. The number of nitrogens with one attached hydrogen (secondary N) is 1. The minimum absolute atomic E-state index is 0.0159. The number of thioether (sulfide) groups is 1. The fourth-order valence-electron chi connectivity index (χ4n) is 2.39. The van der Waals surface area contributed by atoms with Crippen LogP contribution in [-0.2, 0) is 22.6 Å². The number of carbonyl (C=O) groups excluding carboxylic acids is 2. The first kappa shape index (κ1) is 22.8. The summed E-state index contributed by atoms with van der Waals surface area (Å²) in [7, 11) is 0. The van der Waals surface area contributed by atoms with Crippen LogP contribution in [0.2, 0.25) is 0 Å². The van der Waals surface area contributed by atoms with E-state index in [0.29, 0.717) is 16.3 Å². The number of benzene rings is 1. The van der Waals surface area contributed by atoms with E-state index < -0.39 is 5.97 Å². The van der Waals surface area contributed by atoms with E-state index in [2.05, 4.69) is 15.5 Å². The smallest absolute Gasteiger partial charge is 0.341 e. The van der Waals surface area contributed by atoms with Gasteiger partial charge in [0.05, 0.1) is 17.9 Å². The summed E-state index contributed by atoms with van der Waals surface area (Å²) in [6.45, 7) is 3.96. The average molecular weight is 466 g/mol. The summed E-state index contributed by atoms with van der Waals surface area (Å²) in [6, 6.07) is 7.29. The van der Waals surface area contributed by atoms with Gasteiger partial charge < -0.3 is 19.2 Å². The van der Waals surface area contributed by atoms with E-state index in [1.54, 1.807) is 13.0 Å². The lowest BCUT2D eigenvalue weighted by molar-refractivity contribution is -0.113. The number of hydrogen-bond acceptors (Lipinski definition) is 9. The van der Waals surface area contributed by atoms with Gasteiger partial charge in [0.1, 0.15) is 16.6 Å². The van der Waals surface area contributed by atoms with Crippen molar-refractivity contribution in [1.29, 1.82) is 0 Å². The first-order valence-electron chi connectivity index (χ1n) is 9.41. The van der Waals surface area contributed by atoms with Gasteiger partial charge in [0.25, 0.3) is 11.1 Å². The monoisotopic (exact) mass is 465 g/mol. The van der Waals surface area contributed by atoms with Gasteiger partial charge in [0, 0.05) is 4.88 Å². The molecule has 0 atom stereocenters. The molecular weight excluding hydrogens is 445 g/mol. The molecule has 31 heavy (non-hydrogen) atoms. The van der Waals surface area contributed by atoms with E-state index in [9.17, 15) is 14.0 Å². The van der Waals surface area contributed by atoms with Crippen LogP contribution in [0.1, 0.15) is 35.0 Å². The summed E-state index contributed by atoms with van der Waals surface area (Å²) in [5.41, 5.74) is 0.347. The third kappa shape index (κ3) is 6.53. The van der Waals surface area contributed by atoms with Gasteiger partial charge in [-0.05, 0) is 43.7 Å². The molecule has 2 heterocycles. The molecule has 0 aliphatic carbocycles. The van der Waals surface area contributed by atoms with Crippen molar-refractivity contribution in [2.45, 2.75) is 32.1 Å². The number of esters is 1. The molecular formula is C20H20FN3O5S2. The summed E-state index contributed by atoms with van der Waals surface area (Å²) >= 11 is 2.40. The number of hydrogen-bond donors (Lipinski definition) is 1. The molecule has 1 N–H and O–H groups in total. The Hall–Kier alpha value is -2.92. The van der Waals surface area contributed by atoms with Gasteiger partial charge in [0.15, 0.2) is 6.61 Å². The van der Waals surface area contributed by atoms with Gasteiger partial charge in [-0.2, -0.15) is 0 Å². The second kappa shape index (κ2) is 10.9. The van der Waals surface area contributed by atoms with Crippen molar-refractivity contribution in [2.75, 3.05) is 17.7 Å². The average Bonchev–Trinajstić information content (AvgIpc) is 3.39. The number of halogens is 1. The highest BCUT2D eigenvalue weighted by molar-refractivity contribution is 7.99. The SMILES string of the molecule is CCOC(=O)c1cc(CC)sc1NC(=O)CSc1nnc(COc2ccc(F)cc2)o1. The number of carbonyl (C=O) groups is 2. The Morgan fingerprint density at radius 1 is 1.23 bits per heavy atom. The highest BCUT2D eigenvalue weighted by atomic mass is 32.2. The van der Waals surface area contributed by atoms with Crippen molar-refractivity contribution in [3.63, 3.8) is 0 Å². The summed E-state index contributed by atoms with van der Waals surface area (Å²) < 4.78 is 28.8. The van der Waals surface area contributed by atoms with Crippen molar-refractivity contribution in [2.24, 2.45) is 0 Å². The zero-order valence-corrected chi connectivity index (χ0v) is 18.5. The van der Waals surface area contributed by atoms with Gasteiger partial charge in [-0.25, -0.2) is 9.18 Å². The third-order valence-electron chi connectivity index (χ3n) is 3.83. The molecule has 2 aromatic heterocycles. The van der Waals surface area contributed by atoms with Crippen molar-refractivity contribution in [1.82, 2.24) is 10.2 Å². The fourth-order valence-corrected chi connectivity index (χ4v) is 3.97. The van der Waals surface area contributed by atoms with Crippen LogP contribution in [0.4, 0.5) is 9.39 Å². The van der Waals surface area contributed by atoms with E-state index in [1.165, 1.54) is 35.6 Å². The summed E-state index contributed by atoms with van der Waals surface area (Å²) in [5, 5.41) is 11.1. The van der Waals surface area contributed by atoms with Gasteiger partial charge in [-0.15, -0.1) is 21.5 Å². The number of thiophene rings is 1. The molecule has 0 radical (unpaired) electrons. The molecule has 3 aromatic rings. The molecule has 0 fully saturated rings. The molecule has 164 valence electrons. The number of aromatic nitrogens is 2. The van der Waals surface area contributed by atoms with Crippen LogP contribution in [0.3, 0.4) is 0 Å². The van der Waals surface area contributed by atoms with E-state index in [1.807, 2.05) is 6.92 Å². The second-order valence-electron chi connectivity index (χ2n) is 6.07. The molecule has 11 heteroatoms. The molecule has 0 bridgehead atoms. The number of amides is 1. The lowest BCUT2D eigenvalue weighted by Gasteiger charge is -2.05. The van der Waals surface area contributed by atoms with Crippen molar-refractivity contribution >= 4 is 40.0 Å². The lowest BCUT2D eigenvalue weighted by Crippen LogP contribution is -2.15. The maximum atomic E-state index is 12.9. The first-order valence-corrected chi connectivity index (χ1v) is 11.2. The maximum Gasteiger partial charge on any atom is 0.341 e. The summed E-state index contributed by atoms with van der Waals surface area (Å²) in [5.74, 6) is -0.436. The largest absolute Gasteiger partial charge is 0.484 e. The zero-order chi connectivity index (χ0) is 22.2. The molecule has 0 aliphatic heterocycles.